The predicted molar refractivity (Wildman–Crippen MR) is 125 cm³/mol. The number of benzene rings is 1. The Labute approximate surface area is 192 Å². The Hall–Kier alpha value is -2.71. The van der Waals surface area contributed by atoms with Crippen molar-refractivity contribution in [2.75, 3.05) is 18.4 Å². The third-order valence-electron chi connectivity index (χ3n) is 5.78. The molecule has 0 saturated carbocycles. The van der Waals surface area contributed by atoms with Crippen LogP contribution >= 0.6 is 11.3 Å². The average molecular weight is 455 g/mol. The Morgan fingerprint density at radius 1 is 1.22 bits per heavy atom. The van der Waals surface area contributed by atoms with Gasteiger partial charge in [-0.1, -0.05) is 19.0 Å². The van der Waals surface area contributed by atoms with Crippen molar-refractivity contribution in [3.63, 3.8) is 0 Å². The molecule has 8 heteroatoms. The van der Waals surface area contributed by atoms with Gasteiger partial charge in [-0.3, -0.25) is 15.0 Å². The summed E-state index contributed by atoms with van der Waals surface area (Å²) in [7, 11) is 0. The molecule has 1 amide bonds. The second-order valence-electron chi connectivity index (χ2n) is 8.85. The molecular weight excluding hydrogens is 424 g/mol. The first-order valence-corrected chi connectivity index (χ1v) is 11.9. The number of hydrogen-bond donors (Lipinski definition) is 1. The molecule has 2 aromatic heterocycles. The van der Waals surface area contributed by atoms with Gasteiger partial charge in [0.1, 0.15) is 18.1 Å². The van der Waals surface area contributed by atoms with E-state index in [1.165, 1.54) is 17.8 Å². The molecule has 170 valence electrons. The average Bonchev–Trinajstić information content (AvgIpc) is 3.31. The summed E-state index contributed by atoms with van der Waals surface area (Å²) in [5.41, 5.74) is 3.34. The second kappa shape index (κ2) is 9.83. The van der Waals surface area contributed by atoms with Crippen LogP contribution in [0.5, 0.6) is 5.75 Å². The van der Waals surface area contributed by atoms with Gasteiger partial charge in [0.25, 0.3) is 5.91 Å². The van der Waals surface area contributed by atoms with Crippen LogP contribution in [-0.4, -0.2) is 34.0 Å². The molecule has 1 aromatic carbocycles. The summed E-state index contributed by atoms with van der Waals surface area (Å²) in [5, 5.41) is 9.50. The number of aromatic nitrogens is 2. The van der Waals surface area contributed by atoms with Crippen LogP contribution in [0.25, 0.3) is 0 Å². The molecule has 1 aliphatic heterocycles. The molecule has 3 heterocycles. The minimum absolute atomic E-state index is 0.177. The van der Waals surface area contributed by atoms with E-state index in [2.05, 4.69) is 34.2 Å². The summed E-state index contributed by atoms with van der Waals surface area (Å²) in [6, 6.07) is 7.09. The van der Waals surface area contributed by atoms with Gasteiger partial charge in [-0.2, -0.15) is 0 Å². The Morgan fingerprint density at radius 2 is 1.94 bits per heavy atom. The van der Waals surface area contributed by atoms with E-state index < -0.39 is 0 Å². The number of carbonyl (C=O) groups is 1. The van der Waals surface area contributed by atoms with E-state index >= 15 is 0 Å². The van der Waals surface area contributed by atoms with E-state index in [1.807, 2.05) is 19.2 Å². The van der Waals surface area contributed by atoms with Gasteiger partial charge in [-0.05, 0) is 56.4 Å². The van der Waals surface area contributed by atoms with Gasteiger partial charge < -0.3 is 9.26 Å². The molecule has 1 saturated heterocycles. The van der Waals surface area contributed by atoms with E-state index in [9.17, 15) is 4.79 Å². The fraction of sp³-hybridized carbons (Fsp3) is 0.458. The standard InChI is InChI=1S/C24H30N4O3S/c1-15-9-16(2)11-28(10-15)12-20-14-32-24(25-20)26-23(29)19-5-7-21(8-6-19)30-13-22-17(3)27-31-18(22)4/h5-8,14-16H,9-13H2,1-4H3,(H,25,26,29). The van der Waals surface area contributed by atoms with Crippen molar-refractivity contribution in [1.82, 2.24) is 15.0 Å². The quantitative estimate of drug-likeness (QED) is 0.538. The van der Waals surface area contributed by atoms with Gasteiger partial charge in [-0.15, -0.1) is 11.3 Å². The molecule has 2 atom stereocenters. The minimum Gasteiger partial charge on any atom is -0.489 e. The van der Waals surface area contributed by atoms with Crippen molar-refractivity contribution < 1.29 is 14.1 Å². The third kappa shape index (κ3) is 5.55. The van der Waals surface area contributed by atoms with E-state index in [0.29, 0.717) is 34.9 Å². The number of ether oxygens (including phenoxy) is 1. The lowest BCUT2D eigenvalue weighted by Gasteiger charge is -2.34. The van der Waals surface area contributed by atoms with Crippen molar-refractivity contribution in [3.8, 4) is 5.75 Å². The summed E-state index contributed by atoms with van der Waals surface area (Å²) >= 11 is 1.47. The lowest BCUT2D eigenvalue weighted by Crippen LogP contribution is -2.38. The second-order valence-corrected chi connectivity index (χ2v) is 9.71. The highest BCUT2D eigenvalue weighted by Crippen LogP contribution is 2.24. The van der Waals surface area contributed by atoms with Crippen LogP contribution in [0.3, 0.4) is 0 Å². The first kappa shape index (κ1) is 22.5. The number of anilines is 1. The molecule has 1 aliphatic rings. The van der Waals surface area contributed by atoms with Crippen molar-refractivity contribution in [1.29, 1.82) is 0 Å². The SMILES string of the molecule is Cc1noc(C)c1COc1ccc(C(=O)Nc2nc(CN3CC(C)CC(C)C3)cs2)cc1. The van der Waals surface area contributed by atoms with Gasteiger partial charge in [-0.25, -0.2) is 4.98 Å². The maximum absolute atomic E-state index is 12.6. The largest absolute Gasteiger partial charge is 0.489 e. The van der Waals surface area contributed by atoms with Gasteiger partial charge in [0.2, 0.25) is 0 Å². The summed E-state index contributed by atoms with van der Waals surface area (Å²) in [6.07, 6.45) is 1.29. The van der Waals surface area contributed by atoms with E-state index in [4.69, 9.17) is 9.26 Å². The van der Waals surface area contributed by atoms with Crippen LogP contribution in [0.15, 0.2) is 34.2 Å². The molecule has 0 bridgehead atoms. The van der Waals surface area contributed by atoms with Gasteiger partial charge in [0, 0.05) is 30.6 Å². The van der Waals surface area contributed by atoms with Gasteiger partial charge in [0.15, 0.2) is 5.13 Å². The molecular formula is C24H30N4O3S. The highest BCUT2D eigenvalue weighted by atomic mass is 32.1. The van der Waals surface area contributed by atoms with Crippen LogP contribution in [0, 0.1) is 25.7 Å². The molecule has 32 heavy (non-hydrogen) atoms. The zero-order valence-corrected chi connectivity index (χ0v) is 19.9. The topological polar surface area (TPSA) is 80.5 Å². The van der Waals surface area contributed by atoms with Crippen molar-refractivity contribution in [2.45, 2.75) is 47.3 Å². The van der Waals surface area contributed by atoms with E-state index in [1.54, 1.807) is 24.3 Å². The predicted octanol–water partition coefficient (Wildman–Crippen LogP) is 5.06. The Kier molecular flexibility index (Phi) is 6.91. The van der Waals surface area contributed by atoms with Crippen LogP contribution in [-0.2, 0) is 13.2 Å². The number of amides is 1. The molecule has 2 unspecified atom stereocenters. The Balaban J connectivity index is 1.30. The molecule has 7 nitrogen and oxygen atoms in total. The van der Waals surface area contributed by atoms with Crippen LogP contribution in [0.1, 0.15) is 53.3 Å². The van der Waals surface area contributed by atoms with E-state index in [-0.39, 0.29) is 5.91 Å². The monoisotopic (exact) mass is 454 g/mol. The number of piperidine rings is 1. The molecule has 0 radical (unpaired) electrons. The molecule has 1 N–H and O–H groups in total. The lowest BCUT2D eigenvalue weighted by atomic mass is 9.92. The molecule has 4 rings (SSSR count). The maximum atomic E-state index is 12.6. The lowest BCUT2D eigenvalue weighted by molar-refractivity contribution is 0.102. The molecule has 0 spiro atoms. The number of thiazole rings is 1. The number of likely N-dealkylation sites (tertiary alicyclic amines) is 1. The van der Waals surface area contributed by atoms with Gasteiger partial charge >= 0.3 is 0 Å². The van der Waals surface area contributed by atoms with Crippen LogP contribution < -0.4 is 10.1 Å². The normalized spacial score (nSPS) is 19.1. The summed E-state index contributed by atoms with van der Waals surface area (Å²) < 4.78 is 11.0. The Bertz CT molecular complexity index is 1030. The number of rotatable bonds is 7. The zero-order chi connectivity index (χ0) is 22.7. The third-order valence-corrected chi connectivity index (χ3v) is 6.59. The van der Waals surface area contributed by atoms with Gasteiger partial charge in [0.05, 0.1) is 17.0 Å². The summed E-state index contributed by atoms with van der Waals surface area (Å²) in [4.78, 5) is 19.7. The number of aryl methyl sites for hydroxylation is 2. The van der Waals surface area contributed by atoms with Crippen LogP contribution in [0.4, 0.5) is 5.13 Å². The first-order chi connectivity index (χ1) is 15.4. The molecule has 1 fully saturated rings. The Morgan fingerprint density at radius 3 is 2.59 bits per heavy atom. The maximum Gasteiger partial charge on any atom is 0.257 e. The van der Waals surface area contributed by atoms with Crippen molar-refractivity contribution in [3.05, 3.63) is 57.9 Å². The number of carbonyl (C=O) groups excluding carboxylic acids is 1. The summed E-state index contributed by atoms with van der Waals surface area (Å²) in [6.45, 7) is 11.8. The fourth-order valence-electron chi connectivity index (χ4n) is 4.32. The fourth-order valence-corrected chi connectivity index (χ4v) is 5.02. The highest BCUT2D eigenvalue weighted by Gasteiger charge is 2.22. The van der Waals surface area contributed by atoms with E-state index in [0.717, 1.165) is 42.3 Å². The highest BCUT2D eigenvalue weighted by molar-refractivity contribution is 7.13. The first-order valence-electron chi connectivity index (χ1n) is 11.0. The van der Waals surface area contributed by atoms with Crippen molar-refractivity contribution in [2.24, 2.45) is 11.8 Å². The number of hydrogen-bond acceptors (Lipinski definition) is 7. The van der Waals surface area contributed by atoms with Crippen molar-refractivity contribution >= 4 is 22.4 Å². The molecule has 0 aliphatic carbocycles. The smallest absolute Gasteiger partial charge is 0.257 e. The molecule has 3 aromatic rings. The minimum atomic E-state index is -0.177. The van der Waals surface area contributed by atoms with Crippen LogP contribution in [0.2, 0.25) is 0 Å². The number of nitrogens with zero attached hydrogens (tertiary/aromatic N) is 3. The zero-order valence-electron chi connectivity index (χ0n) is 19.1. The number of nitrogens with one attached hydrogen (secondary N) is 1. The summed E-state index contributed by atoms with van der Waals surface area (Å²) in [5.74, 6) is 2.69.